The van der Waals surface area contributed by atoms with Crippen LogP contribution in [0.2, 0.25) is 0 Å². The van der Waals surface area contributed by atoms with Crippen LogP contribution >= 0.6 is 11.8 Å². The van der Waals surface area contributed by atoms with Gasteiger partial charge in [-0.1, -0.05) is 36.0 Å². The lowest BCUT2D eigenvalue weighted by atomic mass is 10.2. The Morgan fingerprint density at radius 2 is 2.04 bits per heavy atom. The molecule has 1 aliphatic rings. The zero-order valence-electron chi connectivity index (χ0n) is 13.1. The van der Waals surface area contributed by atoms with Crippen molar-refractivity contribution in [1.82, 2.24) is 14.9 Å². The predicted molar refractivity (Wildman–Crippen MR) is 93.1 cm³/mol. The van der Waals surface area contributed by atoms with Crippen molar-refractivity contribution >= 4 is 17.4 Å². The Bertz CT molecular complexity index is 941. The second-order valence-corrected chi connectivity index (χ2v) is 6.42. The number of hydrogen-bond acceptors (Lipinski definition) is 7. The number of ether oxygens (including phenoxy) is 1. The van der Waals surface area contributed by atoms with E-state index in [9.17, 15) is 10.1 Å². The molecule has 0 bridgehead atoms. The van der Waals surface area contributed by atoms with Crippen molar-refractivity contribution in [3.63, 3.8) is 0 Å². The van der Waals surface area contributed by atoms with Crippen molar-refractivity contribution in [2.24, 2.45) is 0 Å². The zero-order chi connectivity index (χ0) is 17.4. The second-order valence-electron chi connectivity index (χ2n) is 5.35. The number of nitro benzene ring substituents is 1. The lowest BCUT2D eigenvalue weighted by Crippen LogP contribution is -2.13. The van der Waals surface area contributed by atoms with Crippen LogP contribution in [-0.2, 0) is 0 Å². The Kier molecular flexibility index (Phi) is 3.77. The summed E-state index contributed by atoms with van der Waals surface area (Å²) in [5.74, 6) is 1.34. The van der Waals surface area contributed by atoms with Crippen LogP contribution in [-0.4, -0.2) is 26.9 Å². The Hall–Kier alpha value is -3.07. The highest BCUT2D eigenvalue weighted by Gasteiger charge is 2.28. The van der Waals surface area contributed by atoms with E-state index < -0.39 is 4.92 Å². The Labute approximate surface area is 147 Å². The molecule has 1 N–H and O–H groups in total. The molecule has 0 saturated heterocycles. The van der Waals surface area contributed by atoms with Gasteiger partial charge in [-0.15, -0.1) is 10.2 Å². The van der Waals surface area contributed by atoms with Gasteiger partial charge in [-0.25, -0.2) is 4.68 Å². The molecule has 0 spiro atoms. The van der Waals surface area contributed by atoms with E-state index in [-0.39, 0.29) is 11.1 Å². The van der Waals surface area contributed by atoms with Gasteiger partial charge in [0.15, 0.2) is 5.82 Å². The van der Waals surface area contributed by atoms with Gasteiger partial charge in [0.1, 0.15) is 11.1 Å². The first-order valence-corrected chi connectivity index (χ1v) is 8.31. The maximum absolute atomic E-state index is 11.0. The largest absolute Gasteiger partial charge is 0.497 e. The first-order valence-electron chi connectivity index (χ1n) is 7.43. The molecule has 8 nitrogen and oxygen atoms in total. The molecule has 25 heavy (non-hydrogen) atoms. The topological polar surface area (TPSA) is 95.1 Å². The summed E-state index contributed by atoms with van der Waals surface area (Å²) < 4.78 is 6.94. The number of hydrogen-bond donors (Lipinski definition) is 1. The number of aromatic nitrogens is 3. The third kappa shape index (κ3) is 2.78. The molecule has 126 valence electrons. The summed E-state index contributed by atoms with van der Waals surface area (Å²) >= 11 is 1.53. The summed E-state index contributed by atoms with van der Waals surface area (Å²) in [4.78, 5) is 10.6. The van der Waals surface area contributed by atoms with Crippen LogP contribution in [0.15, 0.2) is 53.7 Å². The van der Waals surface area contributed by atoms with Gasteiger partial charge in [0, 0.05) is 17.7 Å². The molecule has 1 aromatic heterocycles. The van der Waals surface area contributed by atoms with E-state index in [1.165, 1.54) is 23.9 Å². The molecular weight excluding hydrogens is 342 g/mol. The molecule has 0 aliphatic carbocycles. The molecule has 1 aliphatic heterocycles. The fourth-order valence-electron chi connectivity index (χ4n) is 2.58. The first-order chi connectivity index (χ1) is 12.2. The third-order valence-electron chi connectivity index (χ3n) is 3.84. The first kappa shape index (κ1) is 15.5. The van der Waals surface area contributed by atoms with Gasteiger partial charge in [-0.3, -0.25) is 10.1 Å². The van der Waals surface area contributed by atoms with Crippen LogP contribution in [0.25, 0.3) is 11.4 Å². The van der Waals surface area contributed by atoms with Crippen molar-refractivity contribution in [3.8, 4) is 17.1 Å². The molecule has 0 fully saturated rings. The van der Waals surface area contributed by atoms with E-state index in [0.29, 0.717) is 16.5 Å². The summed E-state index contributed by atoms with van der Waals surface area (Å²) in [6.45, 7) is 0. The van der Waals surface area contributed by atoms with E-state index >= 15 is 0 Å². The van der Waals surface area contributed by atoms with E-state index in [1.807, 2.05) is 24.3 Å². The molecule has 1 atom stereocenters. The minimum Gasteiger partial charge on any atom is -0.497 e. The predicted octanol–water partition coefficient (Wildman–Crippen LogP) is 3.21. The molecule has 0 unspecified atom stereocenters. The molecule has 0 saturated carbocycles. The van der Waals surface area contributed by atoms with E-state index in [0.717, 1.165) is 11.3 Å². The minimum absolute atomic E-state index is 0.0196. The monoisotopic (exact) mass is 355 g/mol. The van der Waals surface area contributed by atoms with E-state index in [1.54, 1.807) is 23.9 Å². The van der Waals surface area contributed by atoms with Crippen LogP contribution in [0.3, 0.4) is 0 Å². The fourth-order valence-corrected chi connectivity index (χ4v) is 3.57. The number of non-ortho nitro benzene ring substituents is 1. The standard InChI is InChI=1S/C16H13N5O3S/c1-24-13-7-5-10(6-8-13)15-19-20-14(17-18-16(20)25-15)11-3-2-4-12(9-11)21(22)23/h2-9,15,19H,1H3/t15-/m0/s1. The number of benzene rings is 2. The quantitative estimate of drug-likeness (QED) is 0.567. The van der Waals surface area contributed by atoms with Crippen LogP contribution < -0.4 is 10.2 Å². The summed E-state index contributed by atoms with van der Waals surface area (Å²) in [5.41, 5.74) is 5.05. The van der Waals surface area contributed by atoms with Crippen molar-refractivity contribution in [2.75, 3.05) is 12.5 Å². The van der Waals surface area contributed by atoms with Gasteiger partial charge in [0.05, 0.1) is 12.0 Å². The van der Waals surface area contributed by atoms with Crippen LogP contribution in [0.4, 0.5) is 5.69 Å². The highest BCUT2D eigenvalue weighted by molar-refractivity contribution is 7.99. The number of methoxy groups -OCH3 is 1. The summed E-state index contributed by atoms with van der Waals surface area (Å²) in [6.07, 6.45) is 0. The molecule has 0 amide bonds. The smallest absolute Gasteiger partial charge is 0.270 e. The Morgan fingerprint density at radius 3 is 2.76 bits per heavy atom. The van der Waals surface area contributed by atoms with Crippen molar-refractivity contribution < 1.29 is 9.66 Å². The number of thioether (sulfide) groups is 1. The van der Waals surface area contributed by atoms with Crippen molar-refractivity contribution in [2.45, 2.75) is 10.5 Å². The summed E-state index contributed by atoms with van der Waals surface area (Å²) in [5, 5.41) is 20.0. The molecule has 2 heterocycles. The number of nitro groups is 1. The molecular formula is C16H13N5O3S. The average molecular weight is 355 g/mol. The molecule has 0 radical (unpaired) electrons. The van der Waals surface area contributed by atoms with Crippen molar-refractivity contribution in [3.05, 3.63) is 64.2 Å². The zero-order valence-corrected chi connectivity index (χ0v) is 13.9. The fraction of sp³-hybridized carbons (Fsp3) is 0.125. The van der Waals surface area contributed by atoms with Gasteiger partial charge < -0.3 is 10.2 Å². The average Bonchev–Trinajstić information content (AvgIpc) is 3.22. The van der Waals surface area contributed by atoms with Gasteiger partial charge in [0.25, 0.3) is 5.69 Å². The highest BCUT2D eigenvalue weighted by Crippen LogP contribution is 2.40. The summed E-state index contributed by atoms with van der Waals surface area (Å²) in [7, 11) is 1.63. The lowest BCUT2D eigenvalue weighted by molar-refractivity contribution is -0.384. The SMILES string of the molecule is COc1ccc([C@H]2Nn3c(nnc3-c3cccc([N+](=O)[O-])c3)S2)cc1. The number of nitrogens with zero attached hydrogens (tertiary/aromatic N) is 4. The Morgan fingerprint density at radius 1 is 1.24 bits per heavy atom. The van der Waals surface area contributed by atoms with Crippen molar-refractivity contribution in [1.29, 1.82) is 0 Å². The van der Waals surface area contributed by atoms with Crippen LogP contribution in [0, 0.1) is 10.1 Å². The summed E-state index contributed by atoms with van der Waals surface area (Å²) in [6, 6.07) is 14.1. The third-order valence-corrected chi connectivity index (χ3v) is 4.93. The Balaban J connectivity index is 1.63. The molecule has 4 rings (SSSR count). The number of fused-ring (bicyclic) bond motifs is 1. The number of rotatable bonds is 4. The van der Waals surface area contributed by atoms with Gasteiger partial charge in [-0.05, 0) is 17.7 Å². The minimum atomic E-state index is -0.424. The van der Waals surface area contributed by atoms with E-state index in [4.69, 9.17) is 4.74 Å². The van der Waals surface area contributed by atoms with E-state index in [2.05, 4.69) is 15.6 Å². The maximum Gasteiger partial charge on any atom is 0.270 e. The normalized spacial score (nSPS) is 15.5. The number of nitrogens with one attached hydrogen (secondary N) is 1. The van der Waals surface area contributed by atoms with Gasteiger partial charge >= 0.3 is 0 Å². The lowest BCUT2D eigenvalue weighted by Gasteiger charge is -2.12. The van der Waals surface area contributed by atoms with Crippen LogP contribution in [0.5, 0.6) is 5.75 Å². The second kappa shape index (κ2) is 6.10. The van der Waals surface area contributed by atoms with Gasteiger partial charge in [0.2, 0.25) is 5.16 Å². The molecule has 9 heteroatoms. The van der Waals surface area contributed by atoms with Crippen LogP contribution in [0.1, 0.15) is 10.9 Å². The highest BCUT2D eigenvalue weighted by atomic mass is 32.2. The maximum atomic E-state index is 11.0. The molecule has 3 aromatic rings. The molecule has 2 aromatic carbocycles. The van der Waals surface area contributed by atoms with Gasteiger partial charge in [-0.2, -0.15) is 0 Å².